The average Bonchev–Trinajstić information content (AvgIpc) is 2.75. The fourth-order valence-corrected chi connectivity index (χ4v) is 3.95. The predicted octanol–water partition coefficient (Wildman–Crippen LogP) is 2.86. The molecule has 0 bridgehead atoms. The summed E-state index contributed by atoms with van der Waals surface area (Å²) in [5.41, 5.74) is 0. The highest BCUT2D eigenvalue weighted by atomic mass is 16.2. The smallest absolute Gasteiger partial charge is 0.247 e. The number of imide groups is 1. The van der Waals surface area contributed by atoms with Gasteiger partial charge in [0.1, 0.15) is 0 Å². The van der Waals surface area contributed by atoms with E-state index < -0.39 is 0 Å². The van der Waals surface area contributed by atoms with Crippen LogP contribution >= 0.6 is 0 Å². The molecule has 2 rings (SSSR count). The topological polar surface area (TPSA) is 49.4 Å². The van der Waals surface area contributed by atoms with Gasteiger partial charge in [0, 0.05) is 12.1 Å². The maximum absolute atomic E-state index is 12.6. The minimum Gasteiger partial charge on any atom is -0.303 e. The van der Waals surface area contributed by atoms with Crippen LogP contribution in [-0.4, -0.2) is 34.8 Å². The summed E-state index contributed by atoms with van der Waals surface area (Å²) in [6.45, 7) is 6.50. The van der Waals surface area contributed by atoms with Crippen molar-refractivity contribution in [3.8, 4) is 0 Å². The molecule has 1 aliphatic carbocycles. The Morgan fingerprint density at radius 2 is 1.76 bits per heavy atom. The fourth-order valence-electron chi connectivity index (χ4n) is 3.95. The summed E-state index contributed by atoms with van der Waals surface area (Å²) in [4.78, 5) is 26.4. The van der Waals surface area contributed by atoms with Crippen LogP contribution in [0.4, 0.5) is 0 Å². The van der Waals surface area contributed by atoms with E-state index in [1.54, 1.807) is 4.90 Å². The largest absolute Gasteiger partial charge is 0.303 e. The van der Waals surface area contributed by atoms with Crippen molar-refractivity contribution >= 4 is 11.8 Å². The first-order valence-electron chi connectivity index (χ1n) is 8.70. The predicted molar refractivity (Wildman–Crippen MR) is 83.8 cm³/mol. The van der Waals surface area contributed by atoms with Crippen LogP contribution in [0.2, 0.25) is 0 Å². The van der Waals surface area contributed by atoms with E-state index in [0.29, 0.717) is 12.3 Å². The molecule has 2 amide bonds. The van der Waals surface area contributed by atoms with E-state index in [1.165, 1.54) is 6.42 Å². The first-order chi connectivity index (χ1) is 10.1. The summed E-state index contributed by atoms with van der Waals surface area (Å²) in [6, 6.07) is 0.150. The van der Waals surface area contributed by atoms with Crippen LogP contribution in [0.5, 0.6) is 0 Å². The highest BCUT2D eigenvalue weighted by Crippen LogP contribution is 2.27. The number of hydrogen-bond donors (Lipinski definition) is 1. The third-order valence-corrected chi connectivity index (χ3v) is 5.34. The molecule has 120 valence electrons. The molecule has 1 heterocycles. The van der Waals surface area contributed by atoms with Crippen LogP contribution in [-0.2, 0) is 9.59 Å². The second kappa shape index (κ2) is 7.39. The van der Waals surface area contributed by atoms with Crippen LogP contribution in [0.25, 0.3) is 0 Å². The SMILES string of the molecule is CCC(CC)C(C)NC1CC(=O)N(C2CCCCC2)C1=O. The first-order valence-corrected chi connectivity index (χ1v) is 8.70. The Labute approximate surface area is 128 Å². The molecule has 1 saturated heterocycles. The summed E-state index contributed by atoms with van der Waals surface area (Å²) in [6.07, 6.45) is 8.06. The van der Waals surface area contributed by atoms with Gasteiger partial charge in [-0.2, -0.15) is 0 Å². The lowest BCUT2D eigenvalue weighted by atomic mass is 9.94. The normalized spacial score (nSPS) is 25.9. The van der Waals surface area contributed by atoms with Crippen molar-refractivity contribution in [3.05, 3.63) is 0 Å². The Bertz CT molecular complexity index is 373. The molecule has 0 aromatic carbocycles. The first kappa shape index (κ1) is 16.5. The number of nitrogens with zero attached hydrogens (tertiary/aromatic N) is 1. The second-order valence-electron chi connectivity index (χ2n) is 6.68. The number of amides is 2. The molecule has 2 fully saturated rings. The lowest BCUT2D eigenvalue weighted by Gasteiger charge is -2.30. The number of carbonyl (C=O) groups excluding carboxylic acids is 2. The van der Waals surface area contributed by atoms with Crippen LogP contribution in [0.15, 0.2) is 0 Å². The number of rotatable bonds is 6. The molecular weight excluding hydrogens is 264 g/mol. The number of likely N-dealkylation sites (tertiary alicyclic amines) is 1. The Hall–Kier alpha value is -0.900. The number of hydrogen-bond acceptors (Lipinski definition) is 3. The molecule has 21 heavy (non-hydrogen) atoms. The molecule has 1 aliphatic heterocycles. The van der Waals surface area contributed by atoms with Crippen molar-refractivity contribution in [1.82, 2.24) is 10.2 Å². The zero-order chi connectivity index (χ0) is 15.4. The third kappa shape index (κ3) is 3.65. The maximum atomic E-state index is 12.6. The zero-order valence-corrected chi connectivity index (χ0v) is 13.7. The third-order valence-electron chi connectivity index (χ3n) is 5.34. The van der Waals surface area contributed by atoms with E-state index in [4.69, 9.17) is 0 Å². The van der Waals surface area contributed by atoms with E-state index >= 15 is 0 Å². The molecule has 4 heteroatoms. The average molecular weight is 294 g/mol. The molecule has 2 unspecified atom stereocenters. The zero-order valence-electron chi connectivity index (χ0n) is 13.7. The molecular formula is C17H30N2O2. The van der Waals surface area contributed by atoms with Gasteiger partial charge < -0.3 is 5.32 Å². The molecule has 2 atom stereocenters. The van der Waals surface area contributed by atoms with Gasteiger partial charge in [-0.05, 0) is 25.7 Å². The van der Waals surface area contributed by atoms with Crippen molar-refractivity contribution in [2.75, 3.05) is 0 Å². The number of nitrogens with one attached hydrogen (secondary N) is 1. The van der Waals surface area contributed by atoms with Gasteiger partial charge in [-0.25, -0.2) is 0 Å². The number of carbonyl (C=O) groups is 2. The highest BCUT2D eigenvalue weighted by molar-refractivity contribution is 6.05. The van der Waals surface area contributed by atoms with Crippen LogP contribution in [0, 0.1) is 5.92 Å². The summed E-state index contributed by atoms with van der Waals surface area (Å²) >= 11 is 0. The summed E-state index contributed by atoms with van der Waals surface area (Å²) in [5, 5.41) is 3.42. The maximum Gasteiger partial charge on any atom is 0.247 e. The van der Waals surface area contributed by atoms with Crippen molar-refractivity contribution in [2.24, 2.45) is 5.92 Å². The van der Waals surface area contributed by atoms with Gasteiger partial charge in [0.25, 0.3) is 0 Å². The van der Waals surface area contributed by atoms with Gasteiger partial charge in [-0.1, -0.05) is 46.0 Å². The quantitative estimate of drug-likeness (QED) is 0.766. The van der Waals surface area contributed by atoms with Crippen molar-refractivity contribution in [1.29, 1.82) is 0 Å². The molecule has 1 N–H and O–H groups in total. The van der Waals surface area contributed by atoms with Gasteiger partial charge in [0.15, 0.2) is 0 Å². The molecule has 0 aromatic heterocycles. The van der Waals surface area contributed by atoms with E-state index in [1.807, 2.05) is 0 Å². The monoisotopic (exact) mass is 294 g/mol. The van der Waals surface area contributed by atoms with E-state index in [0.717, 1.165) is 38.5 Å². The fraction of sp³-hybridized carbons (Fsp3) is 0.882. The molecule has 0 radical (unpaired) electrons. The van der Waals surface area contributed by atoms with E-state index in [9.17, 15) is 9.59 Å². The Morgan fingerprint density at radius 1 is 1.14 bits per heavy atom. The Balaban J connectivity index is 1.97. The summed E-state index contributed by atoms with van der Waals surface area (Å²) in [5.74, 6) is 0.613. The van der Waals surface area contributed by atoms with Gasteiger partial charge in [-0.15, -0.1) is 0 Å². The van der Waals surface area contributed by atoms with Gasteiger partial charge >= 0.3 is 0 Å². The lowest BCUT2D eigenvalue weighted by Crippen LogP contribution is -2.48. The minimum atomic E-state index is -0.296. The lowest BCUT2D eigenvalue weighted by molar-refractivity contribution is -0.142. The second-order valence-corrected chi connectivity index (χ2v) is 6.68. The minimum absolute atomic E-state index is 0.0182. The van der Waals surface area contributed by atoms with E-state index in [2.05, 4.69) is 26.1 Å². The van der Waals surface area contributed by atoms with Crippen molar-refractivity contribution < 1.29 is 9.59 Å². The highest BCUT2D eigenvalue weighted by Gasteiger charge is 2.43. The van der Waals surface area contributed by atoms with Gasteiger partial charge in [0.2, 0.25) is 11.8 Å². The summed E-state index contributed by atoms with van der Waals surface area (Å²) < 4.78 is 0. The van der Waals surface area contributed by atoms with Crippen LogP contribution in [0.1, 0.15) is 72.1 Å². The molecule has 4 nitrogen and oxygen atoms in total. The molecule has 0 aromatic rings. The Morgan fingerprint density at radius 3 is 2.33 bits per heavy atom. The molecule has 1 saturated carbocycles. The Kier molecular flexibility index (Phi) is 5.80. The van der Waals surface area contributed by atoms with Crippen molar-refractivity contribution in [2.45, 2.75) is 90.3 Å². The molecule has 2 aliphatic rings. The van der Waals surface area contributed by atoms with Gasteiger partial charge in [0.05, 0.1) is 12.5 Å². The molecule has 0 spiro atoms. The van der Waals surface area contributed by atoms with Crippen molar-refractivity contribution in [3.63, 3.8) is 0 Å². The van der Waals surface area contributed by atoms with Crippen LogP contribution < -0.4 is 5.32 Å². The van der Waals surface area contributed by atoms with Crippen LogP contribution in [0.3, 0.4) is 0 Å². The summed E-state index contributed by atoms with van der Waals surface area (Å²) in [7, 11) is 0. The van der Waals surface area contributed by atoms with Gasteiger partial charge in [-0.3, -0.25) is 14.5 Å². The van der Waals surface area contributed by atoms with E-state index in [-0.39, 0.29) is 29.9 Å². The standard InChI is InChI=1S/C17H30N2O2/c1-4-13(5-2)12(3)18-15-11-16(20)19(17(15)21)14-9-7-6-8-10-14/h12-15,18H,4-11H2,1-3H3.